The maximum atomic E-state index is 12.1. The normalized spacial score (nSPS) is 11.2. The molecule has 1 unspecified atom stereocenters. The molecule has 2 aromatic rings. The standard InChI is InChI=1S/C21H23NO6/c1-15-8-6-7-11-18(15)27-14-20(24)28-13-19(23)22-17(21(25)26-2)12-16-9-4-3-5-10-16/h3-11,17H,12-14H2,1-2H3,(H,22,23). The zero-order chi connectivity index (χ0) is 20.4. The van der Waals surface area contributed by atoms with Crippen LogP contribution in [0.4, 0.5) is 0 Å². The van der Waals surface area contributed by atoms with Gasteiger partial charge in [-0.3, -0.25) is 4.79 Å². The highest BCUT2D eigenvalue weighted by atomic mass is 16.6. The van der Waals surface area contributed by atoms with E-state index in [1.54, 1.807) is 12.1 Å². The average Bonchev–Trinajstić information content (AvgIpc) is 2.71. The summed E-state index contributed by atoms with van der Waals surface area (Å²) in [5, 5.41) is 2.52. The Labute approximate surface area is 163 Å². The highest BCUT2D eigenvalue weighted by Crippen LogP contribution is 2.15. The SMILES string of the molecule is COC(=O)C(Cc1ccccc1)NC(=O)COC(=O)COc1ccccc1C. The number of benzene rings is 2. The molecule has 0 aliphatic rings. The van der Waals surface area contributed by atoms with E-state index >= 15 is 0 Å². The Hall–Kier alpha value is -3.35. The second-order valence-corrected chi connectivity index (χ2v) is 6.05. The topological polar surface area (TPSA) is 90.9 Å². The summed E-state index contributed by atoms with van der Waals surface area (Å²) in [7, 11) is 1.25. The van der Waals surface area contributed by atoms with E-state index in [9.17, 15) is 14.4 Å². The zero-order valence-electron chi connectivity index (χ0n) is 15.8. The average molecular weight is 385 g/mol. The third kappa shape index (κ3) is 6.75. The number of aryl methyl sites for hydroxylation is 1. The first-order chi connectivity index (χ1) is 13.5. The number of esters is 2. The summed E-state index contributed by atoms with van der Waals surface area (Å²) in [5.74, 6) is -1.30. The molecule has 7 nitrogen and oxygen atoms in total. The van der Waals surface area contributed by atoms with Crippen LogP contribution in [0.25, 0.3) is 0 Å². The van der Waals surface area contributed by atoms with Crippen LogP contribution in [0.3, 0.4) is 0 Å². The molecule has 0 spiro atoms. The summed E-state index contributed by atoms with van der Waals surface area (Å²) in [4.78, 5) is 35.8. The van der Waals surface area contributed by atoms with E-state index < -0.39 is 30.5 Å². The van der Waals surface area contributed by atoms with Gasteiger partial charge < -0.3 is 19.5 Å². The minimum Gasteiger partial charge on any atom is -0.482 e. The smallest absolute Gasteiger partial charge is 0.344 e. The van der Waals surface area contributed by atoms with Crippen LogP contribution in [0.5, 0.6) is 5.75 Å². The minimum absolute atomic E-state index is 0.267. The van der Waals surface area contributed by atoms with E-state index in [0.717, 1.165) is 11.1 Å². The molecular weight excluding hydrogens is 362 g/mol. The van der Waals surface area contributed by atoms with Gasteiger partial charge in [-0.25, -0.2) is 9.59 Å². The summed E-state index contributed by atoms with van der Waals surface area (Å²) >= 11 is 0. The van der Waals surface area contributed by atoms with Gasteiger partial charge in [0.2, 0.25) is 0 Å². The van der Waals surface area contributed by atoms with Crippen molar-refractivity contribution in [2.75, 3.05) is 20.3 Å². The van der Waals surface area contributed by atoms with Crippen LogP contribution in [0.2, 0.25) is 0 Å². The van der Waals surface area contributed by atoms with Crippen molar-refractivity contribution in [1.82, 2.24) is 5.32 Å². The number of ether oxygens (including phenoxy) is 3. The van der Waals surface area contributed by atoms with Gasteiger partial charge in [0.1, 0.15) is 11.8 Å². The Bertz CT molecular complexity index is 806. The van der Waals surface area contributed by atoms with E-state index in [-0.39, 0.29) is 13.0 Å². The third-order valence-corrected chi connectivity index (χ3v) is 3.91. The van der Waals surface area contributed by atoms with Crippen LogP contribution in [0.15, 0.2) is 54.6 Å². The van der Waals surface area contributed by atoms with Gasteiger partial charge in [0.05, 0.1) is 7.11 Å². The van der Waals surface area contributed by atoms with Gasteiger partial charge in [-0.2, -0.15) is 0 Å². The van der Waals surface area contributed by atoms with Gasteiger partial charge >= 0.3 is 11.9 Å². The Morgan fingerprint density at radius 1 is 0.964 bits per heavy atom. The molecule has 0 saturated heterocycles. The minimum atomic E-state index is -0.873. The van der Waals surface area contributed by atoms with Crippen LogP contribution in [-0.4, -0.2) is 44.2 Å². The quantitative estimate of drug-likeness (QED) is 0.662. The molecule has 0 aliphatic heterocycles. The molecule has 0 aliphatic carbocycles. The number of hydrogen-bond donors (Lipinski definition) is 1. The number of nitrogens with one attached hydrogen (secondary N) is 1. The molecule has 28 heavy (non-hydrogen) atoms. The van der Waals surface area contributed by atoms with Crippen LogP contribution in [0, 0.1) is 6.92 Å². The number of carbonyl (C=O) groups is 3. The molecule has 0 aromatic heterocycles. The molecule has 1 atom stereocenters. The maximum absolute atomic E-state index is 12.1. The van der Waals surface area contributed by atoms with Crippen molar-refractivity contribution in [3.05, 3.63) is 65.7 Å². The molecular formula is C21H23NO6. The summed E-state index contributed by atoms with van der Waals surface area (Å²) in [6.45, 7) is 1.02. The molecule has 1 amide bonds. The molecule has 0 fully saturated rings. The fourth-order valence-electron chi connectivity index (χ4n) is 2.46. The molecule has 7 heteroatoms. The van der Waals surface area contributed by atoms with Crippen molar-refractivity contribution in [2.24, 2.45) is 0 Å². The molecule has 0 saturated carbocycles. The number of carbonyl (C=O) groups excluding carboxylic acids is 3. The Morgan fingerprint density at radius 3 is 2.32 bits per heavy atom. The predicted octanol–water partition coefficient (Wildman–Crippen LogP) is 1.82. The number of methoxy groups -OCH3 is 1. The van der Waals surface area contributed by atoms with Crippen molar-refractivity contribution in [2.45, 2.75) is 19.4 Å². The summed E-state index contributed by atoms with van der Waals surface area (Å²) < 4.78 is 15.0. The first-order valence-corrected chi connectivity index (χ1v) is 8.74. The van der Waals surface area contributed by atoms with Gasteiger partial charge in [-0.1, -0.05) is 48.5 Å². The van der Waals surface area contributed by atoms with Crippen molar-refractivity contribution >= 4 is 17.8 Å². The van der Waals surface area contributed by atoms with Gasteiger partial charge in [-0.05, 0) is 24.1 Å². The monoisotopic (exact) mass is 385 g/mol. The number of para-hydroxylation sites is 1. The molecule has 148 valence electrons. The first-order valence-electron chi connectivity index (χ1n) is 8.74. The highest BCUT2D eigenvalue weighted by Gasteiger charge is 2.22. The molecule has 1 N–H and O–H groups in total. The number of hydrogen-bond acceptors (Lipinski definition) is 6. The number of rotatable bonds is 9. The van der Waals surface area contributed by atoms with Crippen LogP contribution in [-0.2, 0) is 30.3 Å². The Morgan fingerprint density at radius 2 is 1.64 bits per heavy atom. The highest BCUT2D eigenvalue weighted by molar-refractivity contribution is 5.86. The largest absolute Gasteiger partial charge is 0.482 e. The lowest BCUT2D eigenvalue weighted by atomic mass is 10.1. The van der Waals surface area contributed by atoms with Crippen molar-refractivity contribution in [1.29, 1.82) is 0 Å². The molecule has 0 heterocycles. The van der Waals surface area contributed by atoms with Crippen molar-refractivity contribution < 1.29 is 28.6 Å². The van der Waals surface area contributed by atoms with Crippen LogP contribution >= 0.6 is 0 Å². The lowest BCUT2D eigenvalue weighted by Crippen LogP contribution is -2.44. The molecule has 0 bridgehead atoms. The van der Waals surface area contributed by atoms with E-state index in [1.807, 2.05) is 49.4 Å². The van der Waals surface area contributed by atoms with E-state index in [2.05, 4.69) is 5.32 Å². The fourth-order valence-corrected chi connectivity index (χ4v) is 2.46. The van der Waals surface area contributed by atoms with Crippen molar-refractivity contribution in [3.8, 4) is 5.75 Å². The predicted molar refractivity (Wildman–Crippen MR) is 102 cm³/mol. The van der Waals surface area contributed by atoms with Gasteiger partial charge in [0.15, 0.2) is 13.2 Å². The Kier molecular flexibility index (Phi) is 8.02. The molecule has 0 radical (unpaired) electrons. The fraction of sp³-hybridized carbons (Fsp3) is 0.286. The summed E-state index contributed by atoms with van der Waals surface area (Å²) in [6, 6.07) is 15.6. The maximum Gasteiger partial charge on any atom is 0.344 e. The Balaban J connectivity index is 1.80. The lowest BCUT2D eigenvalue weighted by molar-refractivity contribution is -0.151. The number of amides is 1. The zero-order valence-corrected chi connectivity index (χ0v) is 15.8. The summed E-state index contributed by atoms with van der Waals surface area (Å²) in [5.41, 5.74) is 1.75. The van der Waals surface area contributed by atoms with E-state index in [1.165, 1.54) is 7.11 Å². The lowest BCUT2D eigenvalue weighted by Gasteiger charge is -2.16. The van der Waals surface area contributed by atoms with Gasteiger partial charge in [0, 0.05) is 6.42 Å². The van der Waals surface area contributed by atoms with Gasteiger partial charge in [0.25, 0.3) is 5.91 Å². The van der Waals surface area contributed by atoms with Crippen molar-refractivity contribution in [3.63, 3.8) is 0 Å². The van der Waals surface area contributed by atoms with Gasteiger partial charge in [-0.15, -0.1) is 0 Å². The third-order valence-electron chi connectivity index (χ3n) is 3.91. The first kappa shape index (κ1) is 21.0. The molecule has 2 aromatic carbocycles. The second-order valence-electron chi connectivity index (χ2n) is 6.05. The van der Waals surface area contributed by atoms with E-state index in [0.29, 0.717) is 5.75 Å². The second kappa shape index (κ2) is 10.7. The molecule has 2 rings (SSSR count). The van der Waals surface area contributed by atoms with Crippen LogP contribution in [0.1, 0.15) is 11.1 Å². The summed E-state index contributed by atoms with van der Waals surface area (Å²) in [6.07, 6.45) is 0.267. The van der Waals surface area contributed by atoms with E-state index in [4.69, 9.17) is 14.2 Å². The van der Waals surface area contributed by atoms with Crippen LogP contribution < -0.4 is 10.1 Å².